The summed E-state index contributed by atoms with van der Waals surface area (Å²) in [5.74, 6) is -0.499. The fourth-order valence-corrected chi connectivity index (χ4v) is 0.672. The molecule has 0 aromatic rings. The summed E-state index contributed by atoms with van der Waals surface area (Å²) in [6.07, 6.45) is 3.25. The van der Waals surface area contributed by atoms with E-state index in [1.54, 1.807) is 0 Å². The van der Waals surface area contributed by atoms with Crippen molar-refractivity contribution in [3.63, 3.8) is 0 Å². The first-order chi connectivity index (χ1) is 6.74. The standard InChI is InChI=1S/C10H14O4/c1-4-10(11)14-8-9(13-6-3)7-12-5-2/h4-6,9H,1-3,7-8H2. The van der Waals surface area contributed by atoms with Crippen LogP contribution in [0.3, 0.4) is 0 Å². The van der Waals surface area contributed by atoms with Gasteiger partial charge in [-0.3, -0.25) is 0 Å². The molecule has 0 aromatic carbocycles. The summed E-state index contributed by atoms with van der Waals surface area (Å²) in [7, 11) is 0. The number of rotatable bonds is 8. The fourth-order valence-electron chi connectivity index (χ4n) is 0.672. The van der Waals surface area contributed by atoms with Crippen LogP contribution in [0.5, 0.6) is 0 Å². The highest BCUT2D eigenvalue weighted by atomic mass is 16.6. The van der Waals surface area contributed by atoms with Crippen molar-refractivity contribution in [2.75, 3.05) is 13.2 Å². The molecule has 0 aliphatic rings. The normalized spacial score (nSPS) is 10.9. The maximum absolute atomic E-state index is 10.7. The topological polar surface area (TPSA) is 44.8 Å². The summed E-state index contributed by atoms with van der Waals surface area (Å²) >= 11 is 0. The Morgan fingerprint density at radius 1 is 1.21 bits per heavy atom. The molecule has 4 nitrogen and oxygen atoms in total. The van der Waals surface area contributed by atoms with Gasteiger partial charge in [0, 0.05) is 6.08 Å². The molecule has 1 atom stereocenters. The van der Waals surface area contributed by atoms with Crippen molar-refractivity contribution in [1.29, 1.82) is 0 Å². The highest BCUT2D eigenvalue weighted by molar-refractivity contribution is 5.81. The maximum Gasteiger partial charge on any atom is 0.330 e. The Morgan fingerprint density at radius 2 is 1.93 bits per heavy atom. The third-order valence-electron chi connectivity index (χ3n) is 1.27. The summed E-state index contributed by atoms with van der Waals surface area (Å²) in [6, 6.07) is 0. The Morgan fingerprint density at radius 3 is 2.43 bits per heavy atom. The number of carbonyl (C=O) groups is 1. The van der Waals surface area contributed by atoms with E-state index in [0.29, 0.717) is 0 Å². The summed E-state index contributed by atoms with van der Waals surface area (Å²) in [4.78, 5) is 10.7. The van der Waals surface area contributed by atoms with Crippen molar-refractivity contribution in [3.05, 3.63) is 38.3 Å². The van der Waals surface area contributed by atoms with Crippen LogP contribution >= 0.6 is 0 Å². The van der Waals surface area contributed by atoms with Crippen LogP contribution in [-0.4, -0.2) is 25.3 Å². The monoisotopic (exact) mass is 198 g/mol. The number of ether oxygens (including phenoxy) is 3. The molecule has 0 rings (SSSR count). The van der Waals surface area contributed by atoms with Crippen molar-refractivity contribution in [3.8, 4) is 0 Å². The lowest BCUT2D eigenvalue weighted by atomic mass is 10.4. The minimum atomic E-state index is -0.499. The predicted octanol–water partition coefficient (Wildman–Crippen LogP) is 1.40. The van der Waals surface area contributed by atoms with Gasteiger partial charge in [0.05, 0.1) is 12.5 Å². The van der Waals surface area contributed by atoms with E-state index < -0.39 is 5.97 Å². The molecule has 4 heteroatoms. The molecule has 78 valence electrons. The number of hydrogen-bond acceptors (Lipinski definition) is 4. The maximum atomic E-state index is 10.7. The van der Waals surface area contributed by atoms with Crippen LogP contribution in [0.15, 0.2) is 38.3 Å². The third kappa shape index (κ3) is 5.88. The summed E-state index contributed by atoms with van der Waals surface area (Å²) in [5.41, 5.74) is 0. The van der Waals surface area contributed by atoms with Crippen LogP contribution in [0.25, 0.3) is 0 Å². The lowest BCUT2D eigenvalue weighted by Gasteiger charge is -2.15. The van der Waals surface area contributed by atoms with E-state index >= 15 is 0 Å². The van der Waals surface area contributed by atoms with E-state index in [9.17, 15) is 4.79 Å². The van der Waals surface area contributed by atoms with Crippen LogP contribution in [-0.2, 0) is 19.0 Å². The van der Waals surface area contributed by atoms with Crippen LogP contribution in [0.1, 0.15) is 0 Å². The molecule has 0 spiro atoms. The van der Waals surface area contributed by atoms with Gasteiger partial charge in [0.2, 0.25) is 0 Å². The van der Waals surface area contributed by atoms with Gasteiger partial charge in [0.1, 0.15) is 13.2 Å². The minimum Gasteiger partial charge on any atom is -0.498 e. The summed E-state index contributed by atoms with van der Waals surface area (Å²) in [5, 5.41) is 0. The number of esters is 1. The molecule has 0 N–H and O–H groups in total. The van der Waals surface area contributed by atoms with Crippen molar-refractivity contribution < 1.29 is 19.0 Å². The number of hydrogen-bond donors (Lipinski definition) is 0. The average Bonchev–Trinajstić information content (AvgIpc) is 2.21. The van der Waals surface area contributed by atoms with Crippen LogP contribution in [0, 0.1) is 0 Å². The first-order valence-electron chi connectivity index (χ1n) is 4.02. The molecule has 0 radical (unpaired) electrons. The smallest absolute Gasteiger partial charge is 0.330 e. The molecule has 0 saturated heterocycles. The molecule has 0 saturated carbocycles. The van der Waals surface area contributed by atoms with Crippen molar-refractivity contribution in [2.45, 2.75) is 6.10 Å². The highest BCUT2D eigenvalue weighted by Crippen LogP contribution is 1.96. The lowest BCUT2D eigenvalue weighted by Crippen LogP contribution is -2.24. The second kappa shape index (κ2) is 7.91. The molecular formula is C10H14O4. The zero-order valence-corrected chi connectivity index (χ0v) is 7.98. The fraction of sp³-hybridized carbons (Fsp3) is 0.300. The Bertz CT molecular complexity index is 210. The van der Waals surface area contributed by atoms with Crippen LogP contribution in [0.4, 0.5) is 0 Å². The zero-order valence-electron chi connectivity index (χ0n) is 7.98. The first-order valence-corrected chi connectivity index (χ1v) is 4.02. The summed E-state index contributed by atoms with van der Waals surface area (Å²) < 4.78 is 14.7. The van der Waals surface area contributed by atoms with Crippen molar-refractivity contribution >= 4 is 5.97 Å². The molecule has 0 heterocycles. The third-order valence-corrected chi connectivity index (χ3v) is 1.27. The molecule has 14 heavy (non-hydrogen) atoms. The second-order valence-corrected chi connectivity index (χ2v) is 2.26. The SMILES string of the molecule is C=COCC(COC(=O)C=C)OC=C. The Hall–Kier alpha value is -1.71. The van der Waals surface area contributed by atoms with Gasteiger partial charge in [-0.05, 0) is 0 Å². The Kier molecular flexibility index (Phi) is 6.95. The predicted molar refractivity (Wildman–Crippen MR) is 52.4 cm³/mol. The molecule has 0 fully saturated rings. The summed E-state index contributed by atoms with van der Waals surface area (Å²) in [6.45, 7) is 10.4. The van der Waals surface area contributed by atoms with Gasteiger partial charge in [0.25, 0.3) is 0 Å². The first kappa shape index (κ1) is 12.3. The zero-order chi connectivity index (χ0) is 10.8. The van der Waals surface area contributed by atoms with Crippen molar-refractivity contribution in [2.24, 2.45) is 0 Å². The van der Waals surface area contributed by atoms with Gasteiger partial charge < -0.3 is 14.2 Å². The van der Waals surface area contributed by atoms with Crippen LogP contribution in [0.2, 0.25) is 0 Å². The van der Waals surface area contributed by atoms with E-state index in [4.69, 9.17) is 14.2 Å². The quantitative estimate of drug-likeness (QED) is 0.336. The molecule has 0 aliphatic heterocycles. The molecular weight excluding hydrogens is 184 g/mol. The second-order valence-electron chi connectivity index (χ2n) is 2.26. The van der Waals surface area contributed by atoms with E-state index in [-0.39, 0.29) is 19.3 Å². The van der Waals surface area contributed by atoms with Gasteiger partial charge in [-0.15, -0.1) is 0 Å². The molecule has 0 aromatic heterocycles. The molecule has 0 aliphatic carbocycles. The van der Waals surface area contributed by atoms with E-state index in [2.05, 4.69) is 19.7 Å². The van der Waals surface area contributed by atoms with Gasteiger partial charge >= 0.3 is 5.97 Å². The van der Waals surface area contributed by atoms with E-state index in [0.717, 1.165) is 6.08 Å². The Labute approximate surface area is 83.5 Å². The van der Waals surface area contributed by atoms with E-state index in [1.807, 2.05) is 0 Å². The average molecular weight is 198 g/mol. The lowest BCUT2D eigenvalue weighted by molar-refractivity contribution is -0.141. The van der Waals surface area contributed by atoms with Gasteiger partial charge in [-0.1, -0.05) is 19.7 Å². The van der Waals surface area contributed by atoms with Gasteiger partial charge in [0.15, 0.2) is 6.10 Å². The van der Waals surface area contributed by atoms with Crippen LogP contribution < -0.4 is 0 Å². The Balaban J connectivity index is 3.81. The molecule has 1 unspecified atom stereocenters. The minimum absolute atomic E-state index is 0.0880. The van der Waals surface area contributed by atoms with Gasteiger partial charge in [-0.25, -0.2) is 4.79 Å². The molecule has 0 amide bonds. The van der Waals surface area contributed by atoms with E-state index in [1.165, 1.54) is 12.5 Å². The molecule has 0 bridgehead atoms. The highest BCUT2D eigenvalue weighted by Gasteiger charge is 2.10. The van der Waals surface area contributed by atoms with Gasteiger partial charge in [-0.2, -0.15) is 0 Å². The van der Waals surface area contributed by atoms with Crippen molar-refractivity contribution in [1.82, 2.24) is 0 Å². The number of carbonyl (C=O) groups excluding carboxylic acids is 1. The largest absolute Gasteiger partial charge is 0.498 e.